The number of aryl methyl sites for hydroxylation is 1. The molecule has 0 aromatic carbocycles. The molecule has 2 aromatic heterocycles. The smallest absolute Gasteiger partial charge is 0.194 e. The van der Waals surface area contributed by atoms with Gasteiger partial charge in [0.1, 0.15) is 11.6 Å². The van der Waals surface area contributed by atoms with E-state index in [9.17, 15) is 0 Å². The monoisotopic (exact) mass is 340 g/mol. The van der Waals surface area contributed by atoms with Crippen LogP contribution < -0.4 is 10.8 Å². The number of anilines is 1. The summed E-state index contributed by atoms with van der Waals surface area (Å²) >= 11 is 1.77. The van der Waals surface area contributed by atoms with E-state index in [1.807, 2.05) is 20.8 Å². The van der Waals surface area contributed by atoms with E-state index in [0.29, 0.717) is 0 Å². The maximum atomic E-state index is 4.66. The quantitative estimate of drug-likeness (QED) is 0.771. The molecule has 0 fully saturated rings. The largest absolute Gasteiger partial charge is 0.366 e. The Kier molecular flexibility index (Phi) is 7.04. The van der Waals surface area contributed by atoms with Gasteiger partial charge in [-0.2, -0.15) is 0 Å². The number of allylic oxidation sites excluding steroid dienone is 2. The topological polar surface area (TPSA) is 37.8 Å². The van der Waals surface area contributed by atoms with Crippen LogP contribution in [-0.4, -0.2) is 17.2 Å². The van der Waals surface area contributed by atoms with Crippen molar-refractivity contribution in [2.24, 2.45) is 0 Å². The molecule has 0 unspecified atom stereocenters. The first-order valence-electron chi connectivity index (χ1n) is 8.88. The Bertz CT molecular complexity index is 693. The molecular formula is C19H27BN3S. The van der Waals surface area contributed by atoms with Crippen LogP contribution in [0.1, 0.15) is 63.4 Å². The molecule has 3 rings (SSSR count). The molecule has 24 heavy (non-hydrogen) atoms. The van der Waals surface area contributed by atoms with E-state index in [-0.39, 0.29) is 0 Å². The molecule has 0 atom stereocenters. The van der Waals surface area contributed by atoms with Gasteiger partial charge in [-0.1, -0.05) is 45.2 Å². The van der Waals surface area contributed by atoms with Gasteiger partial charge < -0.3 is 5.32 Å². The molecule has 0 saturated heterocycles. The van der Waals surface area contributed by atoms with Gasteiger partial charge >= 0.3 is 0 Å². The highest BCUT2D eigenvalue weighted by Gasteiger charge is 2.24. The molecule has 2 aromatic rings. The van der Waals surface area contributed by atoms with E-state index in [2.05, 4.69) is 53.9 Å². The molecule has 0 aliphatic carbocycles. The summed E-state index contributed by atoms with van der Waals surface area (Å²) in [6.07, 6.45) is 3.57. The molecular weight excluding hydrogens is 313 g/mol. The Morgan fingerprint density at radius 1 is 1.21 bits per heavy atom. The van der Waals surface area contributed by atoms with Crippen molar-refractivity contribution in [3.8, 4) is 0 Å². The first kappa shape index (κ1) is 18.7. The van der Waals surface area contributed by atoms with Crippen molar-refractivity contribution in [3.63, 3.8) is 0 Å². The Labute approximate surface area is 150 Å². The molecule has 0 saturated carbocycles. The minimum atomic E-state index is 0.817. The molecule has 1 radical (unpaired) electrons. The van der Waals surface area contributed by atoms with Crippen LogP contribution in [0, 0.1) is 6.92 Å². The number of nitrogens with zero attached hydrogens (tertiary/aromatic N) is 2. The zero-order chi connectivity index (χ0) is 17.5. The van der Waals surface area contributed by atoms with Crippen LogP contribution in [-0.2, 0) is 6.54 Å². The van der Waals surface area contributed by atoms with Crippen molar-refractivity contribution in [1.29, 1.82) is 0 Å². The van der Waals surface area contributed by atoms with Gasteiger partial charge in [0.25, 0.3) is 0 Å². The summed E-state index contributed by atoms with van der Waals surface area (Å²) < 4.78 is 0. The fraction of sp³-hybridized carbons (Fsp3) is 0.474. The van der Waals surface area contributed by atoms with Crippen molar-refractivity contribution in [2.45, 2.75) is 60.4 Å². The summed E-state index contributed by atoms with van der Waals surface area (Å²) in [4.78, 5) is 10.6. The molecule has 0 amide bonds. The third-order valence-electron chi connectivity index (χ3n) is 4.02. The number of unbranched alkanes of at least 4 members (excludes halogenated alkanes) is 1. The molecule has 0 spiro atoms. The van der Waals surface area contributed by atoms with Crippen LogP contribution in [0.3, 0.4) is 0 Å². The lowest BCUT2D eigenvalue weighted by atomic mass is 9.65. The highest BCUT2D eigenvalue weighted by molar-refractivity contribution is 7.09. The van der Waals surface area contributed by atoms with Gasteiger partial charge in [-0.25, -0.2) is 9.97 Å². The normalized spacial score (nSPS) is 12.4. The predicted octanol–water partition coefficient (Wildman–Crippen LogP) is 4.75. The van der Waals surface area contributed by atoms with Gasteiger partial charge in [0, 0.05) is 4.88 Å². The minimum Gasteiger partial charge on any atom is -0.366 e. The second-order valence-electron chi connectivity index (χ2n) is 5.71. The highest BCUT2D eigenvalue weighted by Crippen LogP contribution is 2.26. The fourth-order valence-electron chi connectivity index (χ4n) is 2.78. The van der Waals surface area contributed by atoms with Crippen LogP contribution in [0.2, 0.25) is 0 Å². The van der Waals surface area contributed by atoms with Crippen LogP contribution >= 0.6 is 11.3 Å². The first-order chi connectivity index (χ1) is 11.7. The number of rotatable bonds is 6. The molecule has 1 N–H and O–H groups in total. The summed E-state index contributed by atoms with van der Waals surface area (Å²) in [5.74, 6) is 1.79. The molecule has 0 bridgehead atoms. The van der Waals surface area contributed by atoms with Crippen molar-refractivity contribution in [3.05, 3.63) is 39.4 Å². The number of aromatic nitrogens is 2. The lowest BCUT2D eigenvalue weighted by molar-refractivity contribution is 0.807. The molecule has 3 nitrogen and oxygen atoms in total. The third-order valence-corrected chi connectivity index (χ3v) is 4.90. The third kappa shape index (κ3) is 4.26. The van der Waals surface area contributed by atoms with E-state index in [4.69, 9.17) is 0 Å². The first-order valence-corrected chi connectivity index (χ1v) is 9.76. The summed E-state index contributed by atoms with van der Waals surface area (Å²) in [5.41, 5.74) is 4.99. The summed E-state index contributed by atoms with van der Waals surface area (Å²) in [7, 11) is 2.27. The zero-order valence-electron chi connectivity index (χ0n) is 15.4. The molecule has 1 aliphatic heterocycles. The maximum Gasteiger partial charge on any atom is 0.194 e. The summed E-state index contributed by atoms with van der Waals surface area (Å²) in [6.45, 7) is 11.2. The second-order valence-corrected chi connectivity index (χ2v) is 6.75. The number of hydrogen-bond acceptors (Lipinski definition) is 4. The lowest BCUT2D eigenvalue weighted by Gasteiger charge is -2.11. The van der Waals surface area contributed by atoms with E-state index < -0.39 is 0 Å². The lowest BCUT2D eigenvalue weighted by Crippen LogP contribution is -2.23. The number of hydrogen-bond donors (Lipinski definition) is 1. The van der Waals surface area contributed by atoms with E-state index in [1.54, 1.807) is 11.3 Å². The van der Waals surface area contributed by atoms with Gasteiger partial charge in [-0.15, -0.1) is 11.3 Å². The van der Waals surface area contributed by atoms with Crippen molar-refractivity contribution in [2.75, 3.05) is 5.32 Å². The van der Waals surface area contributed by atoms with Crippen molar-refractivity contribution >= 4 is 35.5 Å². The number of thiophene rings is 1. The van der Waals surface area contributed by atoms with Gasteiger partial charge in [0.15, 0.2) is 7.28 Å². The summed E-state index contributed by atoms with van der Waals surface area (Å²) in [5, 5.41) is 5.59. The number of fused-ring (bicyclic) bond motifs is 1. The average molecular weight is 340 g/mol. The standard InChI is InChI=1S/C17H21BN3S.C2H6/c1-4-5-8-14-11(2)16-15(18-14)17(21-12(3)20-16)19-10-13-7-6-9-22-13;1-2/h6-7,9H,4-5,8,10H2,1-3H3,(H,19,20,21);1-2H3. The Morgan fingerprint density at radius 2 is 2.00 bits per heavy atom. The molecule has 1 aliphatic rings. The van der Waals surface area contributed by atoms with E-state index >= 15 is 0 Å². The van der Waals surface area contributed by atoms with Crippen LogP contribution in [0.25, 0.3) is 5.57 Å². The maximum absolute atomic E-state index is 4.66. The molecule has 3 heterocycles. The van der Waals surface area contributed by atoms with Crippen LogP contribution in [0.5, 0.6) is 0 Å². The molecule has 127 valence electrons. The van der Waals surface area contributed by atoms with Gasteiger partial charge in [0.05, 0.1) is 12.2 Å². The van der Waals surface area contributed by atoms with Gasteiger partial charge in [-0.3, -0.25) is 0 Å². The minimum absolute atomic E-state index is 0.817. The van der Waals surface area contributed by atoms with E-state index in [0.717, 1.165) is 35.8 Å². The summed E-state index contributed by atoms with van der Waals surface area (Å²) in [6, 6.07) is 4.23. The van der Waals surface area contributed by atoms with Crippen molar-refractivity contribution < 1.29 is 0 Å². The van der Waals surface area contributed by atoms with E-state index in [1.165, 1.54) is 28.8 Å². The predicted molar refractivity (Wildman–Crippen MR) is 107 cm³/mol. The highest BCUT2D eigenvalue weighted by atomic mass is 32.1. The SMILES string of the molecule is CC.CCCCC1=C(C)c2nc(C)nc(NCc3cccs3)c2[B]1. The Hall–Kier alpha value is -1.62. The van der Waals surface area contributed by atoms with Crippen LogP contribution in [0.15, 0.2) is 23.0 Å². The van der Waals surface area contributed by atoms with Gasteiger partial charge in [-0.05, 0) is 42.8 Å². The van der Waals surface area contributed by atoms with Crippen molar-refractivity contribution in [1.82, 2.24) is 9.97 Å². The second kappa shape index (κ2) is 9.02. The average Bonchev–Trinajstić information content (AvgIpc) is 3.22. The number of nitrogens with one attached hydrogen (secondary N) is 1. The zero-order valence-corrected chi connectivity index (χ0v) is 16.3. The Balaban J connectivity index is 0.00000100. The molecule has 5 heteroatoms. The van der Waals surface area contributed by atoms with Gasteiger partial charge in [0.2, 0.25) is 0 Å². The van der Waals surface area contributed by atoms with Crippen LogP contribution in [0.4, 0.5) is 5.82 Å². The fourth-order valence-corrected chi connectivity index (χ4v) is 3.43. The Morgan fingerprint density at radius 3 is 2.67 bits per heavy atom.